The van der Waals surface area contributed by atoms with Gasteiger partial charge in [-0.25, -0.2) is 0 Å². The Morgan fingerprint density at radius 2 is 1.55 bits per heavy atom. The van der Waals surface area contributed by atoms with Crippen molar-refractivity contribution in [3.63, 3.8) is 0 Å². The summed E-state index contributed by atoms with van der Waals surface area (Å²) in [6.07, 6.45) is 2.51. The van der Waals surface area contributed by atoms with E-state index in [9.17, 15) is 0 Å². The van der Waals surface area contributed by atoms with Crippen molar-refractivity contribution in [2.24, 2.45) is 5.73 Å². The molecule has 0 radical (unpaired) electrons. The van der Waals surface area contributed by atoms with Gasteiger partial charge in [-0.2, -0.15) is 0 Å². The van der Waals surface area contributed by atoms with Crippen LogP contribution >= 0.6 is 24.8 Å². The van der Waals surface area contributed by atoms with Crippen LogP contribution in [0.25, 0.3) is 0 Å². The predicted molar refractivity (Wildman–Crippen MR) is 97.9 cm³/mol. The molecule has 0 aromatic heterocycles. The first-order valence-corrected chi connectivity index (χ1v) is 7.44. The summed E-state index contributed by atoms with van der Waals surface area (Å²) in [7, 11) is 0. The van der Waals surface area contributed by atoms with E-state index in [0.29, 0.717) is 6.04 Å². The Bertz CT molecular complexity index is 533. The Kier molecular flexibility index (Phi) is 7.91. The van der Waals surface area contributed by atoms with Crippen LogP contribution in [-0.4, -0.2) is 18.0 Å². The molecule has 1 heterocycles. The van der Waals surface area contributed by atoms with Crippen LogP contribution in [0, 0.1) is 0 Å². The second-order valence-electron chi connectivity index (χ2n) is 5.58. The van der Waals surface area contributed by atoms with Crippen molar-refractivity contribution < 1.29 is 0 Å². The zero-order chi connectivity index (χ0) is 13.8. The molecule has 4 heteroatoms. The molecule has 1 aliphatic heterocycles. The van der Waals surface area contributed by atoms with Gasteiger partial charge in [0.1, 0.15) is 0 Å². The van der Waals surface area contributed by atoms with E-state index < -0.39 is 0 Å². The Morgan fingerprint density at radius 1 is 0.955 bits per heavy atom. The van der Waals surface area contributed by atoms with E-state index >= 15 is 0 Å². The molecule has 3 rings (SSSR count). The van der Waals surface area contributed by atoms with E-state index in [-0.39, 0.29) is 30.9 Å². The van der Waals surface area contributed by atoms with Crippen molar-refractivity contribution in [1.29, 1.82) is 0 Å². The summed E-state index contributed by atoms with van der Waals surface area (Å²) in [5.74, 6) is 0. The summed E-state index contributed by atoms with van der Waals surface area (Å²) >= 11 is 0. The normalized spacial score (nSPS) is 19.0. The molecular formula is C18H24Cl2N2. The summed E-state index contributed by atoms with van der Waals surface area (Å²) in [5, 5.41) is 0. The molecule has 0 aliphatic carbocycles. The average Bonchev–Trinajstić information content (AvgIpc) is 2.97. The third kappa shape index (κ3) is 4.47. The van der Waals surface area contributed by atoms with Crippen LogP contribution in [-0.2, 0) is 0 Å². The van der Waals surface area contributed by atoms with Gasteiger partial charge in [-0.05, 0) is 30.5 Å². The highest BCUT2D eigenvalue weighted by molar-refractivity contribution is 5.85. The molecular weight excluding hydrogens is 315 g/mol. The van der Waals surface area contributed by atoms with Gasteiger partial charge in [0.05, 0.1) is 0 Å². The Morgan fingerprint density at radius 3 is 2.18 bits per heavy atom. The van der Waals surface area contributed by atoms with Gasteiger partial charge in [0.2, 0.25) is 0 Å². The fourth-order valence-electron chi connectivity index (χ4n) is 3.16. The minimum Gasteiger partial charge on any atom is -0.323 e. The van der Waals surface area contributed by atoms with E-state index in [1.165, 1.54) is 24.0 Å². The van der Waals surface area contributed by atoms with E-state index in [0.717, 1.165) is 13.1 Å². The smallest absolute Gasteiger partial charge is 0.0424 e. The fraction of sp³-hybridized carbons (Fsp3) is 0.333. The minimum atomic E-state index is 0. The van der Waals surface area contributed by atoms with Gasteiger partial charge in [-0.3, -0.25) is 4.90 Å². The highest BCUT2D eigenvalue weighted by Gasteiger charge is 2.27. The Labute approximate surface area is 145 Å². The quantitative estimate of drug-likeness (QED) is 0.896. The number of benzene rings is 2. The summed E-state index contributed by atoms with van der Waals surface area (Å²) in [6, 6.07) is 21.8. The van der Waals surface area contributed by atoms with Crippen LogP contribution in [0.3, 0.4) is 0 Å². The first kappa shape index (κ1) is 19.0. The van der Waals surface area contributed by atoms with Crippen LogP contribution in [0.5, 0.6) is 0 Å². The van der Waals surface area contributed by atoms with Gasteiger partial charge < -0.3 is 5.73 Å². The molecule has 1 aliphatic rings. The molecule has 22 heavy (non-hydrogen) atoms. The molecule has 2 aromatic carbocycles. The number of nitrogens with zero attached hydrogens (tertiary/aromatic N) is 1. The van der Waals surface area contributed by atoms with Gasteiger partial charge in [-0.15, -0.1) is 24.8 Å². The number of hydrogen-bond donors (Lipinski definition) is 1. The maximum absolute atomic E-state index is 6.37. The molecule has 2 nitrogen and oxygen atoms in total. The van der Waals surface area contributed by atoms with E-state index in [2.05, 4.69) is 59.5 Å². The minimum absolute atomic E-state index is 0. The molecule has 1 fully saturated rings. The highest BCUT2D eigenvalue weighted by atomic mass is 35.5. The molecule has 0 spiro atoms. The Balaban J connectivity index is 0.00000121. The largest absolute Gasteiger partial charge is 0.323 e. The molecule has 2 unspecified atom stereocenters. The predicted octanol–water partition coefficient (Wildman–Crippen LogP) is 4.37. The van der Waals surface area contributed by atoms with Gasteiger partial charge >= 0.3 is 0 Å². The maximum atomic E-state index is 6.37. The van der Waals surface area contributed by atoms with E-state index in [1.807, 2.05) is 6.07 Å². The second kappa shape index (κ2) is 9.16. The third-order valence-electron chi connectivity index (χ3n) is 4.21. The molecule has 2 N–H and O–H groups in total. The lowest BCUT2D eigenvalue weighted by Crippen LogP contribution is -2.31. The molecule has 0 saturated carbocycles. The van der Waals surface area contributed by atoms with Crippen LogP contribution in [0.2, 0.25) is 0 Å². The first-order valence-electron chi connectivity index (χ1n) is 7.44. The van der Waals surface area contributed by atoms with Gasteiger partial charge in [0.25, 0.3) is 0 Å². The lowest BCUT2D eigenvalue weighted by molar-refractivity contribution is 0.241. The zero-order valence-electron chi connectivity index (χ0n) is 12.6. The van der Waals surface area contributed by atoms with Crippen molar-refractivity contribution >= 4 is 24.8 Å². The van der Waals surface area contributed by atoms with Gasteiger partial charge in [0.15, 0.2) is 0 Å². The van der Waals surface area contributed by atoms with Crippen molar-refractivity contribution in [2.75, 3.05) is 13.1 Å². The topological polar surface area (TPSA) is 29.3 Å². The van der Waals surface area contributed by atoms with Crippen molar-refractivity contribution in [1.82, 2.24) is 4.90 Å². The Hall–Kier alpha value is -1.06. The monoisotopic (exact) mass is 338 g/mol. The molecule has 0 bridgehead atoms. The van der Waals surface area contributed by atoms with Crippen LogP contribution in [0.1, 0.15) is 36.1 Å². The molecule has 2 atom stereocenters. The molecule has 0 amide bonds. The summed E-state index contributed by atoms with van der Waals surface area (Å²) in [5.41, 5.74) is 9.02. The first-order chi connectivity index (χ1) is 9.84. The number of likely N-dealkylation sites (tertiary alicyclic amines) is 1. The zero-order valence-corrected chi connectivity index (χ0v) is 14.2. The summed E-state index contributed by atoms with van der Waals surface area (Å²) in [6.45, 7) is 2.09. The van der Waals surface area contributed by atoms with Crippen LogP contribution in [0.15, 0.2) is 60.7 Å². The maximum Gasteiger partial charge on any atom is 0.0424 e. The van der Waals surface area contributed by atoms with Gasteiger partial charge in [-0.1, -0.05) is 60.7 Å². The van der Waals surface area contributed by atoms with Gasteiger partial charge in [0, 0.05) is 18.6 Å². The number of nitrogens with two attached hydrogens (primary N) is 1. The highest BCUT2D eigenvalue weighted by Crippen LogP contribution is 2.32. The molecule has 2 aromatic rings. The third-order valence-corrected chi connectivity index (χ3v) is 4.21. The van der Waals surface area contributed by atoms with E-state index in [4.69, 9.17) is 5.73 Å². The number of hydrogen-bond acceptors (Lipinski definition) is 2. The fourth-order valence-corrected chi connectivity index (χ4v) is 3.16. The summed E-state index contributed by atoms with van der Waals surface area (Å²) in [4.78, 5) is 2.53. The number of halogens is 2. The second-order valence-corrected chi connectivity index (χ2v) is 5.58. The standard InChI is InChI=1S/C18H22N2.2ClH/c19-17(15-8-3-1-4-9-15)14-20-13-7-12-18(20)16-10-5-2-6-11-16;;/h1-6,8-11,17-18H,7,12-14,19H2;2*1H. The summed E-state index contributed by atoms with van der Waals surface area (Å²) < 4.78 is 0. The average molecular weight is 339 g/mol. The van der Waals surface area contributed by atoms with Crippen molar-refractivity contribution in [3.05, 3.63) is 71.8 Å². The molecule has 1 saturated heterocycles. The molecule has 120 valence electrons. The number of rotatable bonds is 4. The SMILES string of the molecule is Cl.Cl.NC(CN1CCCC1c1ccccc1)c1ccccc1. The van der Waals surface area contributed by atoms with Crippen LogP contribution < -0.4 is 5.73 Å². The van der Waals surface area contributed by atoms with E-state index in [1.54, 1.807) is 0 Å². The van der Waals surface area contributed by atoms with Crippen molar-refractivity contribution in [3.8, 4) is 0 Å². The van der Waals surface area contributed by atoms with Crippen molar-refractivity contribution in [2.45, 2.75) is 24.9 Å². The van der Waals surface area contributed by atoms with Crippen LogP contribution in [0.4, 0.5) is 0 Å². The lowest BCUT2D eigenvalue weighted by atomic mass is 10.0. The lowest BCUT2D eigenvalue weighted by Gasteiger charge is -2.27.